The second kappa shape index (κ2) is 10.6. The van der Waals surface area contributed by atoms with Crippen molar-refractivity contribution in [2.75, 3.05) is 26.2 Å². The number of carbonyl (C=O) groups excluding carboxylic acids is 3. The van der Waals surface area contributed by atoms with E-state index >= 15 is 0 Å². The molecule has 1 unspecified atom stereocenters. The summed E-state index contributed by atoms with van der Waals surface area (Å²) < 4.78 is 51.0. The number of carboxylic acids is 1. The number of fused-ring (bicyclic) bond motifs is 3. The second-order valence-corrected chi connectivity index (χ2v) is 9.44. The molecule has 11 heteroatoms. The summed E-state index contributed by atoms with van der Waals surface area (Å²) in [7, 11) is 0. The lowest BCUT2D eigenvalue weighted by molar-refractivity contribution is -0.938. The first-order valence-corrected chi connectivity index (χ1v) is 11.5. The van der Waals surface area contributed by atoms with Crippen LogP contribution in [0.25, 0.3) is 0 Å². The third-order valence-electron chi connectivity index (χ3n) is 6.18. The molecule has 34 heavy (non-hydrogen) atoms. The lowest BCUT2D eigenvalue weighted by Gasteiger charge is -2.51. The maximum Gasteiger partial charge on any atom is 0.430 e. The van der Waals surface area contributed by atoms with Crippen LogP contribution in [-0.4, -0.2) is 54.6 Å². The van der Waals surface area contributed by atoms with Crippen LogP contribution >= 0.6 is 11.3 Å². The van der Waals surface area contributed by atoms with Gasteiger partial charge in [-0.3, -0.25) is 9.59 Å². The predicted molar refractivity (Wildman–Crippen MR) is 112 cm³/mol. The minimum Gasteiger partial charge on any atom is -0.542 e. The Morgan fingerprint density at radius 2 is 1.79 bits per heavy atom. The fourth-order valence-electron chi connectivity index (χ4n) is 4.48. The summed E-state index contributed by atoms with van der Waals surface area (Å²) >= 11 is 1.47. The number of hydrogen-bond donors (Lipinski definition) is 0. The van der Waals surface area contributed by atoms with E-state index in [9.17, 15) is 27.2 Å². The molecule has 0 saturated carbocycles. The van der Waals surface area contributed by atoms with Crippen molar-refractivity contribution in [2.24, 2.45) is 11.8 Å². The van der Waals surface area contributed by atoms with Crippen molar-refractivity contribution in [2.45, 2.75) is 25.6 Å². The zero-order chi connectivity index (χ0) is 24.9. The standard InChI is InChI=1S/C21H23FNO3S.C2HF3O2/c22-17-4-1-3-15(11-17)14-26-21(25)18-12-23(8-6-16(18)7-9-23)13-19(24)20-5-2-10-27-20;3-2(4,5)1(6)7/h1-5,10-11,16,18H,6-9,12-14H2;(H,6,7)/q+1;/p-1. The Kier molecular flexibility index (Phi) is 8.09. The Labute approximate surface area is 197 Å². The Morgan fingerprint density at radius 1 is 1.12 bits per heavy atom. The van der Waals surface area contributed by atoms with Gasteiger partial charge in [-0.2, -0.15) is 13.2 Å². The molecule has 5 rings (SSSR count). The van der Waals surface area contributed by atoms with E-state index in [1.165, 1.54) is 23.5 Å². The van der Waals surface area contributed by atoms with Gasteiger partial charge in [0.15, 0.2) is 0 Å². The number of halogens is 4. The van der Waals surface area contributed by atoms with E-state index in [4.69, 9.17) is 14.6 Å². The number of Topliss-reactive ketones (excluding diaryl/α,β-unsaturated/α-hetero) is 1. The highest BCUT2D eigenvalue weighted by Crippen LogP contribution is 2.38. The van der Waals surface area contributed by atoms with Crippen molar-refractivity contribution in [1.29, 1.82) is 0 Å². The van der Waals surface area contributed by atoms with Gasteiger partial charge in [0, 0.05) is 12.8 Å². The van der Waals surface area contributed by atoms with E-state index in [1.54, 1.807) is 12.1 Å². The highest BCUT2D eigenvalue weighted by atomic mass is 32.1. The maximum atomic E-state index is 13.3. The largest absolute Gasteiger partial charge is 0.542 e. The van der Waals surface area contributed by atoms with E-state index in [1.807, 2.05) is 17.5 Å². The topological polar surface area (TPSA) is 83.5 Å². The number of carboxylic acid groups (broad SMARTS) is 1. The average molecular weight is 501 g/mol. The van der Waals surface area contributed by atoms with Crippen LogP contribution in [0.15, 0.2) is 41.8 Å². The third-order valence-corrected chi connectivity index (χ3v) is 7.09. The number of carbonyl (C=O) groups is 3. The number of alkyl halides is 3. The molecule has 184 valence electrons. The number of piperidine rings is 3. The average Bonchev–Trinajstić information content (AvgIpc) is 3.33. The van der Waals surface area contributed by atoms with Crippen molar-refractivity contribution in [3.63, 3.8) is 0 Å². The number of hydrogen-bond acceptors (Lipinski definition) is 6. The van der Waals surface area contributed by atoms with Crippen LogP contribution in [0, 0.1) is 17.7 Å². The fraction of sp³-hybridized carbons (Fsp3) is 0.435. The van der Waals surface area contributed by atoms with Gasteiger partial charge in [-0.25, -0.2) is 4.39 Å². The van der Waals surface area contributed by atoms with Crippen molar-refractivity contribution < 1.29 is 46.3 Å². The molecule has 1 aromatic heterocycles. The second-order valence-electron chi connectivity index (χ2n) is 8.50. The van der Waals surface area contributed by atoms with Crippen LogP contribution in [0.5, 0.6) is 0 Å². The zero-order valence-corrected chi connectivity index (χ0v) is 18.9. The van der Waals surface area contributed by atoms with Gasteiger partial charge in [-0.1, -0.05) is 18.2 Å². The molecule has 0 amide bonds. The van der Waals surface area contributed by atoms with E-state index < -0.39 is 12.1 Å². The molecular weight excluding hydrogens is 478 g/mol. The molecule has 4 heterocycles. The molecule has 3 saturated heterocycles. The summed E-state index contributed by atoms with van der Waals surface area (Å²) in [5.74, 6) is -3.22. The first-order chi connectivity index (χ1) is 16.0. The molecule has 6 nitrogen and oxygen atoms in total. The van der Waals surface area contributed by atoms with Crippen molar-refractivity contribution >= 4 is 29.1 Å². The predicted octanol–water partition coefficient (Wildman–Crippen LogP) is 2.97. The molecule has 0 radical (unpaired) electrons. The molecule has 1 atom stereocenters. The number of rotatable bonds is 6. The van der Waals surface area contributed by atoms with Crippen molar-refractivity contribution in [3.05, 3.63) is 58.0 Å². The minimum absolute atomic E-state index is 0.0912. The monoisotopic (exact) mass is 501 g/mol. The summed E-state index contributed by atoms with van der Waals surface area (Å²) in [6.07, 6.45) is -3.28. The van der Waals surface area contributed by atoms with Crippen molar-refractivity contribution in [1.82, 2.24) is 0 Å². The van der Waals surface area contributed by atoms with Gasteiger partial charge in [0.1, 0.15) is 30.9 Å². The molecule has 2 aromatic rings. The van der Waals surface area contributed by atoms with Gasteiger partial charge in [0.25, 0.3) is 0 Å². The molecule has 3 aliphatic rings. The Balaban J connectivity index is 0.000000406. The van der Waals surface area contributed by atoms with Gasteiger partial charge in [-0.15, -0.1) is 11.3 Å². The Hall–Kier alpha value is -2.79. The highest BCUT2D eigenvalue weighted by molar-refractivity contribution is 7.12. The van der Waals surface area contributed by atoms with E-state index in [-0.39, 0.29) is 30.1 Å². The lowest BCUT2D eigenvalue weighted by atomic mass is 9.77. The van der Waals surface area contributed by atoms with Crippen LogP contribution < -0.4 is 5.11 Å². The summed E-state index contributed by atoms with van der Waals surface area (Å²) in [6, 6.07) is 9.89. The van der Waals surface area contributed by atoms with Gasteiger partial charge in [0.05, 0.1) is 24.5 Å². The number of esters is 1. The summed E-state index contributed by atoms with van der Waals surface area (Å²) in [5.41, 5.74) is 0.654. The lowest BCUT2D eigenvalue weighted by Crippen LogP contribution is -2.64. The van der Waals surface area contributed by atoms with Crippen LogP contribution in [0.1, 0.15) is 28.1 Å². The van der Waals surface area contributed by atoms with Crippen LogP contribution in [-0.2, 0) is 20.9 Å². The summed E-state index contributed by atoms with van der Waals surface area (Å²) in [4.78, 5) is 34.9. The zero-order valence-electron chi connectivity index (χ0n) is 18.1. The number of benzene rings is 1. The minimum atomic E-state index is -5.19. The smallest absolute Gasteiger partial charge is 0.430 e. The number of aliphatic carboxylic acids is 1. The first-order valence-electron chi connectivity index (χ1n) is 10.6. The molecule has 3 aliphatic heterocycles. The number of thiophene rings is 1. The van der Waals surface area contributed by atoms with Gasteiger partial charge >= 0.3 is 12.1 Å². The fourth-order valence-corrected chi connectivity index (χ4v) is 5.14. The van der Waals surface area contributed by atoms with E-state index in [0.29, 0.717) is 29.1 Å². The highest BCUT2D eigenvalue weighted by Gasteiger charge is 2.50. The van der Waals surface area contributed by atoms with E-state index in [0.717, 1.165) is 30.8 Å². The Morgan fingerprint density at radius 3 is 2.35 bits per heavy atom. The first kappa shape index (κ1) is 25.8. The van der Waals surface area contributed by atoms with Crippen LogP contribution in [0.2, 0.25) is 0 Å². The normalized spacial score (nSPS) is 23.5. The molecule has 0 N–H and O–H groups in total. The van der Waals surface area contributed by atoms with Gasteiger partial charge < -0.3 is 19.1 Å². The number of quaternary nitrogens is 1. The Bertz CT molecular complexity index is 1020. The molecule has 0 aliphatic carbocycles. The summed E-state index contributed by atoms with van der Waals surface area (Å²) in [6.45, 7) is 3.13. The van der Waals surface area contributed by atoms with Crippen LogP contribution in [0.3, 0.4) is 0 Å². The quantitative estimate of drug-likeness (QED) is 0.263. The molecular formula is C23H23F4NO5S. The van der Waals surface area contributed by atoms with Gasteiger partial charge in [-0.05, 0) is 35.1 Å². The number of ketones is 1. The molecule has 1 aromatic carbocycles. The molecule has 3 fully saturated rings. The summed E-state index contributed by atoms with van der Waals surface area (Å²) in [5, 5.41) is 10.7. The maximum absolute atomic E-state index is 13.3. The van der Waals surface area contributed by atoms with Gasteiger partial charge in [0.2, 0.25) is 5.78 Å². The third kappa shape index (κ3) is 6.63. The molecule has 0 spiro atoms. The molecule has 2 bridgehead atoms. The number of nitrogens with zero attached hydrogens (tertiary/aromatic N) is 1. The van der Waals surface area contributed by atoms with Crippen LogP contribution in [0.4, 0.5) is 17.6 Å². The number of ether oxygens (including phenoxy) is 1. The van der Waals surface area contributed by atoms with E-state index in [2.05, 4.69) is 0 Å². The SMILES string of the molecule is O=C(C[N+]12CCC(CC1)C(C(=O)OCc1cccc(F)c1)C2)c1cccs1.O=C([O-])C(F)(F)F. The van der Waals surface area contributed by atoms with Crippen molar-refractivity contribution in [3.8, 4) is 0 Å².